The molecule has 0 spiro atoms. The largest absolute Gasteiger partial charge is 0.416 e. The Bertz CT molecular complexity index is 1140. The lowest BCUT2D eigenvalue weighted by molar-refractivity contribution is -0.137. The van der Waals surface area contributed by atoms with Crippen molar-refractivity contribution in [2.45, 2.75) is 17.6 Å². The molecule has 1 N–H and O–H groups in total. The van der Waals surface area contributed by atoms with Gasteiger partial charge in [-0.25, -0.2) is 17.8 Å². The molecule has 3 aromatic rings. The highest BCUT2D eigenvalue weighted by Gasteiger charge is 2.31. The molecule has 142 valence electrons. The van der Waals surface area contributed by atoms with E-state index in [9.17, 15) is 26.4 Å². The number of halogens is 3. The molecule has 0 unspecified atom stereocenters. The van der Waals surface area contributed by atoms with Crippen molar-refractivity contribution in [1.82, 2.24) is 19.7 Å². The van der Waals surface area contributed by atoms with Crippen molar-refractivity contribution in [1.29, 1.82) is 0 Å². The summed E-state index contributed by atoms with van der Waals surface area (Å²) in [4.78, 5) is 11.7. The summed E-state index contributed by atoms with van der Waals surface area (Å²) in [6.07, 6.45) is -4.65. The number of nitrogens with one attached hydrogen (secondary N) is 1. The first-order valence-corrected chi connectivity index (χ1v) is 9.16. The minimum absolute atomic E-state index is 0.130. The predicted molar refractivity (Wildman–Crippen MR) is 90.4 cm³/mol. The van der Waals surface area contributed by atoms with E-state index in [1.807, 2.05) is 0 Å². The Balaban J connectivity index is 1.75. The number of alkyl halides is 3. The fraction of sp³-hybridized carbons (Fsp3) is 0.188. The lowest BCUT2D eigenvalue weighted by atomic mass is 10.2. The van der Waals surface area contributed by atoms with Gasteiger partial charge in [-0.15, -0.1) is 5.10 Å². The zero-order valence-corrected chi connectivity index (χ0v) is 14.5. The molecule has 0 aliphatic carbocycles. The van der Waals surface area contributed by atoms with Gasteiger partial charge in [0.1, 0.15) is 5.52 Å². The summed E-state index contributed by atoms with van der Waals surface area (Å²) >= 11 is 0. The lowest BCUT2D eigenvalue weighted by Crippen LogP contribution is -2.32. The topological polar surface area (TPSA) is 93.9 Å². The van der Waals surface area contributed by atoms with Gasteiger partial charge >= 0.3 is 6.18 Å². The van der Waals surface area contributed by atoms with Crippen LogP contribution in [0.4, 0.5) is 13.2 Å². The van der Waals surface area contributed by atoms with Crippen LogP contribution in [0.2, 0.25) is 0 Å². The van der Waals surface area contributed by atoms with Gasteiger partial charge < -0.3 is 0 Å². The standard InChI is InChI=1S/C16H13F3N4O3S/c17-16(18,19)11-4-3-5-12(10-11)27(25,26)20-8-9-23-15(24)13-6-1-2-7-14(13)21-22-23/h1-7,10,20H,8-9H2. The fourth-order valence-electron chi connectivity index (χ4n) is 2.38. The third-order valence-corrected chi connectivity index (χ3v) is 5.18. The van der Waals surface area contributed by atoms with Gasteiger partial charge in [0.05, 0.1) is 22.4 Å². The minimum atomic E-state index is -4.65. The van der Waals surface area contributed by atoms with Crippen molar-refractivity contribution in [3.8, 4) is 0 Å². The number of fused-ring (bicyclic) bond motifs is 1. The third kappa shape index (κ3) is 4.14. The van der Waals surface area contributed by atoms with E-state index in [4.69, 9.17) is 0 Å². The van der Waals surface area contributed by atoms with Crippen molar-refractivity contribution in [2.24, 2.45) is 0 Å². The Morgan fingerprint density at radius 2 is 1.81 bits per heavy atom. The molecule has 0 amide bonds. The van der Waals surface area contributed by atoms with Crippen LogP contribution in [0.3, 0.4) is 0 Å². The summed E-state index contributed by atoms with van der Waals surface area (Å²) in [6.45, 7) is -0.375. The second kappa shape index (κ2) is 7.08. The van der Waals surface area contributed by atoms with Gasteiger partial charge in [0.2, 0.25) is 10.0 Å². The van der Waals surface area contributed by atoms with Crippen LogP contribution in [-0.2, 0) is 22.7 Å². The molecule has 11 heteroatoms. The van der Waals surface area contributed by atoms with Crippen LogP contribution in [0.1, 0.15) is 5.56 Å². The van der Waals surface area contributed by atoms with E-state index in [0.29, 0.717) is 17.0 Å². The zero-order valence-electron chi connectivity index (χ0n) is 13.6. The van der Waals surface area contributed by atoms with Crippen molar-refractivity contribution in [3.63, 3.8) is 0 Å². The number of nitrogens with zero attached hydrogens (tertiary/aromatic N) is 3. The molecule has 0 aliphatic rings. The van der Waals surface area contributed by atoms with Crippen molar-refractivity contribution in [3.05, 3.63) is 64.4 Å². The van der Waals surface area contributed by atoms with Crippen LogP contribution in [0, 0.1) is 0 Å². The molecule has 7 nitrogen and oxygen atoms in total. The van der Waals surface area contributed by atoms with Gasteiger partial charge in [-0.05, 0) is 30.3 Å². The molecule has 1 aromatic heterocycles. The van der Waals surface area contributed by atoms with E-state index in [2.05, 4.69) is 15.0 Å². The Morgan fingerprint density at radius 1 is 1.07 bits per heavy atom. The number of rotatable bonds is 5. The quantitative estimate of drug-likeness (QED) is 0.707. The van der Waals surface area contributed by atoms with Gasteiger partial charge in [0.25, 0.3) is 5.56 Å². The van der Waals surface area contributed by atoms with Crippen molar-refractivity contribution < 1.29 is 21.6 Å². The Kier molecular flexibility index (Phi) is 4.98. The van der Waals surface area contributed by atoms with E-state index in [0.717, 1.165) is 22.9 Å². The second-order valence-electron chi connectivity index (χ2n) is 5.56. The molecule has 2 aromatic carbocycles. The van der Waals surface area contributed by atoms with Crippen LogP contribution in [0.25, 0.3) is 10.9 Å². The molecule has 1 heterocycles. The molecule has 3 rings (SSSR count). The maximum atomic E-state index is 12.7. The number of benzene rings is 2. The summed E-state index contributed by atoms with van der Waals surface area (Å²) in [5.74, 6) is 0. The normalized spacial score (nSPS) is 12.4. The second-order valence-corrected chi connectivity index (χ2v) is 7.33. The summed E-state index contributed by atoms with van der Waals surface area (Å²) in [6, 6.07) is 9.93. The van der Waals surface area contributed by atoms with E-state index in [-0.39, 0.29) is 13.1 Å². The molecule has 27 heavy (non-hydrogen) atoms. The molecule has 0 bridgehead atoms. The average Bonchev–Trinajstić information content (AvgIpc) is 2.63. The average molecular weight is 398 g/mol. The minimum Gasteiger partial charge on any atom is -0.267 e. The van der Waals surface area contributed by atoms with Crippen LogP contribution in [-0.4, -0.2) is 30.0 Å². The van der Waals surface area contributed by atoms with Crippen molar-refractivity contribution >= 4 is 20.9 Å². The number of hydrogen-bond donors (Lipinski definition) is 1. The number of sulfonamides is 1. The molecule has 0 saturated heterocycles. The van der Waals surface area contributed by atoms with Gasteiger partial charge in [-0.3, -0.25) is 4.79 Å². The number of hydrogen-bond acceptors (Lipinski definition) is 5. The maximum Gasteiger partial charge on any atom is 0.416 e. The maximum absolute atomic E-state index is 12.7. The summed E-state index contributed by atoms with van der Waals surface area (Å²) in [5.41, 5.74) is -1.11. The van der Waals surface area contributed by atoms with Crippen LogP contribution in [0.15, 0.2) is 58.2 Å². The molecule has 0 aliphatic heterocycles. The third-order valence-electron chi connectivity index (χ3n) is 3.72. The van der Waals surface area contributed by atoms with E-state index < -0.39 is 32.2 Å². The first-order chi connectivity index (χ1) is 12.7. The molecule has 0 fully saturated rings. The summed E-state index contributed by atoms with van der Waals surface area (Å²) in [7, 11) is -4.18. The van der Waals surface area contributed by atoms with E-state index in [1.54, 1.807) is 24.3 Å². The molecular formula is C16H13F3N4O3S. The van der Waals surface area contributed by atoms with Crippen molar-refractivity contribution in [2.75, 3.05) is 6.54 Å². The van der Waals surface area contributed by atoms with Gasteiger partial charge in [-0.1, -0.05) is 23.4 Å². The monoisotopic (exact) mass is 398 g/mol. The molecule has 0 radical (unpaired) electrons. The Hall–Kier alpha value is -2.79. The molecule has 0 atom stereocenters. The van der Waals surface area contributed by atoms with E-state index >= 15 is 0 Å². The van der Waals surface area contributed by atoms with Crippen LogP contribution < -0.4 is 10.3 Å². The SMILES string of the molecule is O=c1c2ccccc2nnn1CCNS(=O)(=O)c1cccc(C(F)(F)F)c1. The number of aromatic nitrogens is 3. The predicted octanol–water partition coefficient (Wildman–Crippen LogP) is 1.79. The van der Waals surface area contributed by atoms with Gasteiger partial charge in [0.15, 0.2) is 0 Å². The molecule has 0 saturated carbocycles. The Morgan fingerprint density at radius 3 is 2.56 bits per heavy atom. The first-order valence-electron chi connectivity index (χ1n) is 7.68. The highest BCUT2D eigenvalue weighted by atomic mass is 32.2. The summed E-state index contributed by atoms with van der Waals surface area (Å²) < 4.78 is 65.7. The highest BCUT2D eigenvalue weighted by molar-refractivity contribution is 7.89. The van der Waals surface area contributed by atoms with E-state index in [1.165, 1.54) is 0 Å². The molecular weight excluding hydrogens is 385 g/mol. The highest BCUT2D eigenvalue weighted by Crippen LogP contribution is 2.30. The zero-order chi connectivity index (χ0) is 19.7. The summed E-state index contributed by atoms with van der Waals surface area (Å²) in [5, 5.41) is 7.91. The van der Waals surface area contributed by atoms with Gasteiger partial charge in [-0.2, -0.15) is 13.2 Å². The smallest absolute Gasteiger partial charge is 0.267 e. The van der Waals surface area contributed by atoms with Gasteiger partial charge in [0, 0.05) is 6.54 Å². The van der Waals surface area contributed by atoms with Crippen LogP contribution >= 0.6 is 0 Å². The lowest BCUT2D eigenvalue weighted by Gasteiger charge is -2.10. The fourth-order valence-corrected chi connectivity index (χ4v) is 3.45. The first kappa shape index (κ1) is 19.0. The Labute approximate surface area is 151 Å². The van der Waals surface area contributed by atoms with Crippen LogP contribution in [0.5, 0.6) is 0 Å².